The molecule has 1 aliphatic rings. The number of ether oxygens (including phenoxy) is 1. The molecule has 16 heavy (non-hydrogen) atoms. The zero-order chi connectivity index (χ0) is 11.4. The van der Waals surface area contributed by atoms with E-state index in [1.807, 2.05) is 6.07 Å². The number of aromatic nitrogens is 2. The average molecular weight is 218 g/mol. The van der Waals surface area contributed by atoms with Crippen LogP contribution in [0.25, 0.3) is 0 Å². The number of hydrogen-bond acceptors (Lipinski definition) is 5. The van der Waals surface area contributed by atoms with Crippen molar-refractivity contribution in [3.05, 3.63) is 18.1 Å². The molecular formula is C11H14N4O. The summed E-state index contributed by atoms with van der Waals surface area (Å²) in [4.78, 5) is 8.10. The van der Waals surface area contributed by atoms with Crippen LogP contribution >= 0.6 is 0 Å². The number of hydrogen-bond donors (Lipinski definition) is 1. The fourth-order valence-electron chi connectivity index (χ4n) is 1.83. The Morgan fingerprint density at radius 1 is 1.50 bits per heavy atom. The van der Waals surface area contributed by atoms with Crippen LogP contribution in [0, 0.1) is 11.3 Å². The summed E-state index contributed by atoms with van der Waals surface area (Å²) < 4.78 is 5.44. The maximum absolute atomic E-state index is 8.91. The summed E-state index contributed by atoms with van der Waals surface area (Å²) >= 11 is 0. The Hall–Kier alpha value is -1.67. The van der Waals surface area contributed by atoms with E-state index in [0.717, 1.165) is 19.4 Å². The van der Waals surface area contributed by atoms with Gasteiger partial charge in [-0.1, -0.05) is 0 Å². The molecule has 0 saturated carbocycles. The second kappa shape index (κ2) is 4.45. The molecule has 5 heteroatoms. The average Bonchev–Trinajstić information content (AvgIpc) is 2.30. The van der Waals surface area contributed by atoms with Gasteiger partial charge in [0.25, 0.3) is 0 Å². The Labute approximate surface area is 94.5 Å². The molecule has 5 nitrogen and oxygen atoms in total. The number of nitrogens with zero attached hydrogens (tertiary/aromatic N) is 3. The molecule has 0 radical (unpaired) electrons. The van der Waals surface area contributed by atoms with Crippen LogP contribution in [0.5, 0.6) is 0 Å². The van der Waals surface area contributed by atoms with Gasteiger partial charge < -0.3 is 10.1 Å². The van der Waals surface area contributed by atoms with Crippen LogP contribution < -0.4 is 5.32 Å². The lowest BCUT2D eigenvalue weighted by Gasteiger charge is -2.34. The lowest BCUT2D eigenvalue weighted by molar-refractivity contribution is 0.0538. The zero-order valence-corrected chi connectivity index (χ0v) is 9.23. The summed E-state index contributed by atoms with van der Waals surface area (Å²) in [5, 5.41) is 12.2. The van der Waals surface area contributed by atoms with E-state index in [1.54, 1.807) is 6.20 Å². The van der Waals surface area contributed by atoms with Gasteiger partial charge in [0.2, 0.25) is 0 Å². The van der Waals surface area contributed by atoms with Gasteiger partial charge in [-0.25, -0.2) is 9.97 Å². The van der Waals surface area contributed by atoms with Crippen molar-refractivity contribution < 1.29 is 4.74 Å². The summed E-state index contributed by atoms with van der Waals surface area (Å²) in [6.07, 6.45) is 5.12. The van der Waals surface area contributed by atoms with Crippen LogP contribution in [-0.2, 0) is 4.74 Å². The molecule has 1 fully saturated rings. The molecule has 1 aliphatic heterocycles. The second-order valence-corrected chi connectivity index (χ2v) is 4.21. The minimum absolute atomic E-state index is 0.153. The van der Waals surface area contributed by atoms with Crippen molar-refractivity contribution in [1.29, 1.82) is 5.26 Å². The van der Waals surface area contributed by atoms with Gasteiger partial charge in [-0.15, -0.1) is 0 Å². The molecule has 0 spiro atoms. The van der Waals surface area contributed by atoms with Crippen LogP contribution in [0.3, 0.4) is 0 Å². The van der Waals surface area contributed by atoms with Gasteiger partial charge in [0.05, 0.1) is 12.1 Å². The molecule has 1 saturated heterocycles. The highest BCUT2D eigenvalue weighted by atomic mass is 16.5. The highest BCUT2D eigenvalue weighted by Gasteiger charge is 2.28. The van der Waals surface area contributed by atoms with Crippen LogP contribution in [-0.4, -0.2) is 28.7 Å². The maximum Gasteiger partial charge on any atom is 0.182 e. The van der Waals surface area contributed by atoms with Gasteiger partial charge in [0, 0.05) is 19.0 Å². The van der Waals surface area contributed by atoms with Crippen LogP contribution in [0.1, 0.15) is 25.5 Å². The van der Waals surface area contributed by atoms with Crippen LogP contribution in [0.2, 0.25) is 0 Å². The van der Waals surface area contributed by atoms with E-state index in [2.05, 4.69) is 22.2 Å². The first-order valence-corrected chi connectivity index (χ1v) is 5.31. The highest BCUT2D eigenvalue weighted by molar-refractivity contribution is 5.48. The third-order valence-electron chi connectivity index (χ3n) is 2.66. The van der Waals surface area contributed by atoms with Crippen LogP contribution in [0.4, 0.5) is 5.82 Å². The minimum Gasteiger partial charge on any atom is -0.379 e. The van der Waals surface area contributed by atoms with E-state index in [4.69, 9.17) is 10.00 Å². The van der Waals surface area contributed by atoms with Crippen molar-refractivity contribution in [2.45, 2.75) is 25.3 Å². The largest absolute Gasteiger partial charge is 0.379 e. The van der Waals surface area contributed by atoms with Gasteiger partial charge in [-0.3, -0.25) is 0 Å². The lowest BCUT2D eigenvalue weighted by atomic mass is 9.95. The number of rotatable bonds is 2. The molecule has 2 rings (SSSR count). The topological polar surface area (TPSA) is 70.8 Å². The first-order valence-electron chi connectivity index (χ1n) is 5.31. The van der Waals surface area contributed by atoms with Gasteiger partial charge >= 0.3 is 0 Å². The normalized spacial score (nSPS) is 24.8. The molecular weight excluding hydrogens is 204 g/mol. The smallest absolute Gasteiger partial charge is 0.182 e. The second-order valence-electron chi connectivity index (χ2n) is 4.21. The van der Waals surface area contributed by atoms with Crippen molar-refractivity contribution in [2.24, 2.45) is 0 Å². The molecule has 1 atom stereocenters. The predicted octanol–water partition coefficient (Wildman–Crippen LogP) is 1.33. The predicted molar refractivity (Wildman–Crippen MR) is 58.8 cm³/mol. The van der Waals surface area contributed by atoms with E-state index in [-0.39, 0.29) is 5.54 Å². The Balaban J connectivity index is 2.16. The van der Waals surface area contributed by atoms with Crippen molar-refractivity contribution in [1.82, 2.24) is 9.97 Å². The van der Waals surface area contributed by atoms with Crippen molar-refractivity contribution >= 4 is 5.82 Å². The standard InChI is InChI=1S/C11H14N4O/c1-11(3-2-6-16-8-11)15-10-9(7-12)13-4-5-14-10/h4-5H,2-3,6,8H2,1H3,(H,14,15). The molecule has 1 aromatic heterocycles. The molecule has 1 N–H and O–H groups in total. The molecule has 0 aromatic carbocycles. The van der Waals surface area contributed by atoms with Gasteiger partial charge in [-0.05, 0) is 19.8 Å². The first-order chi connectivity index (χ1) is 7.73. The van der Waals surface area contributed by atoms with E-state index in [0.29, 0.717) is 18.1 Å². The van der Waals surface area contributed by atoms with Gasteiger partial charge in [0.1, 0.15) is 6.07 Å². The molecule has 0 aliphatic carbocycles. The molecule has 84 valence electrons. The Morgan fingerprint density at radius 3 is 3.00 bits per heavy atom. The van der Waals surface area contributed by atoms with Gasteiger partial charge in [0.15, 0.2) is 11.5 Å². The Bertz CT molecular complexity index is 407. The summed E-state index contributed by atoms with van der Waals surface area (Å²) in [6.45, 7) is 3.51. The van der Waals surface area contributed by atoms with Gasteiger partial charge in [-0.2, -0.15) is 5.26 Å². The molecule has 1 unspecified atom stereocenters. The van der Waals surface area contributed by atoms with Crippen molar-refractivity contribution in [2.75, 3.05) is 18.5 Å². The fraction of sp³-hybridized carbons (Fsp3) is 0.545. The number of anilines is 1. The number of nitrogens with one attached hydrogen (secondary N) is 1. The fourth-order valence-corrected chi connectivity index (χ4v) is 1.83. The lowest BCUT2D eigenvalue weighted by Crippen LogP contribution is -2.43. The van der Waals surface area contributed by atoms with E-state index >= 15 is 0 Å². The van der Waals surface area contributed by atoms with E-state index < -0.39 is 0 Å². The minimum atomic E-state index is -0.153. The van der Waals surface area contributed by atoms with E-state index in [1.165, 1.54) is 6.20 Å². The quantitative estimate of drug-likeness (QED) is 0.810. The Morgan fingerprint density at radius 2 is 2.31 bits per heavy atom. The number of nitriles is 1. The summed E-state index contributed by atoms with van der Waals surface area (Å²) in [6, 6.07) is 2.03. The van der Waals surface area contributed by atoms with E-state index in [9.17, 15) is 0 Å². The zero-order valence-electron chi connectivity index (χ0n) is 9.23. The Kier molecular flexibility index (Phi) is 3.02. The maximum atomic E-state index is 8.91. The molecule has 1 aromatic rings. The first kappa shape index (κ1) is 10.8. The van der Waals surface area contributed by atoms with Crippen molar-refractivity contribution in [3.63, 3.8) is 0 Å². The molecule has 2 heterocycles. The van der Waals surface area contributed by atoms with Crippen molar-refractivity contribution in [3.8, 4) is 6.07 Å². The third kappa shape index (κ3) is 2.28. The monoisotopic (exact) mass is 218 g/mol. The van der Waals surface area contributed by atoms with Crippen LogP contribution in [0.15, 0.2) is 12.4 Å². The molecule has 0 amide bonds. The summed E-state index contributed by atoms with van der Waals surface area (Å²) in [5.41, 5.74) is 0.175. The highest BCUT2D eigenvalue weighted by Crippen LogP contribution is 2.23. The summed E-state index contributed by atoms with van der Waals surface area (Å²) in [7, 11) is 0. The molecule has 0 bridgehead atoms. The SMILES string of the molecule is CC1(Nc2nccnc2C#N)CCCOC1. The summed E-state index contributed by atoms with van der Waals surface area (Å²) in [5.74, 6) is 0.540. The third-order valence-corrected chi connectivity index (χ3v) is 2.66.